The molecule has 6 heterocycles. The van der Waals surface area contributed by atoms with Crippen LogP contribution < -0.4 is 5.32 Å². The summed E-state index contributed by atoms with van der Waals surface area (Å²) < 4.78 is 21.8. The maximum absolute atomic E-state index is 14.4. The molecule has 0 radical (unpaired) electrons. The number of rotatable bonds is 10. The van der Waals surface area contributed by atoms with Crippen LogP contribution in [0.4, 0.5) is 9.59 Å². The number of likely N-dealkylation sites (tertiary alicyclic amines) is 2. The van der Waals surface area contributed by atoms with Crippen LogP contribution in [0.25, 0.3) is 33.6 Å². The molecule has 0 bridgehead atoms. The minimum absolute atomic E-state index is 0.0263. The van der Waals surface area contributed by atoms with Gasteiger partial charge in [0.15, 0.2) is 0 Å². The Hall–Kier alpha value is -5.87. The normalized spacial score (nSPS) is 28.3. The minimum atomic E-state index is -0.782. The molecule has 2 aromatic heterocycles. The van der Waals surface area contributed by atoms with Gasteiger partial charge in [-0.2, -0.15) is 4.99 Å². The van der Waals surface area contributed by atoms with Gasteiger partial charge in [-0.25, -0.2) is 19.6 Å². The Morgan fingerprint density at radius 3 is 1.84 bits per heavy atom. The Balaban J connectivity index is 0.959. The zero-order valence-electron chi connectivity index (χ0n) is 40.2. The van der Waals surface area contributed by atoms with E-state index in [1.165, 1.54) is 14.2 Å². The number of aromatic nitrogens is 4. The molecule has 16 nitrogen and oxygen atoms in total. The molecule has 8 rings (SSSR count). The van der Waals surface area contributed by atoms with Crippen LogP contribution in [0.2, 0.25) is 0 Å². The van der Waals surface area contributed by atoms with Crippen molar-refractivity contribution in [2.45, 2.75) is 154 Å². The van der Waals surface area contributed by atoms with Crippen molar-refractivity contribution in [1.29, 1.82) is 0 Å². The van der Waals surface area contributed by atoms with E-state index in [9.17, 15) is 19.2 Å². The lowest BCUT2D eigenvalue weighted by Gasteiger charge is -2.39. The van der Waals surface area contributed by atoms with Crippen molar-refractivity contribution in [1.82, 2.24) is 35.1 Å². The summed E-state index contributed by atoms with van der Waals surface area (Å²) in [7, 11) is 2.59. The second kappa shape index (κ2) is 20.2. The van der Waals surface area contributed by atoms with Gasteiger partial charge in [0.2, 0.25) is 5.91 Å². The first-order valence-corrected chi connectivity index (χ1v) is 23.9. The van der Waals surface area contributed by atoms with Gasteiger partial charge in [-0.3, -0.25) is 9.59 Å². The fraction of sp³-hybridized carbons (Fsp3) is 0.549. The molecular weight excluding hydrogens is 853 g/mol. The Labute approximate surface area is 393 Å². The van der Waals surface area contributed by atoms with E-state index in [0.29, 0.717) is 37.3 Å². The lowest BCUT2D eigenvalue weighted by molar-refractivity contribution is -0.140. The number of aromatic amines is 2. The van der Waals surface area contributed by atoms with Gasteiger partial charge in [0.05, 0.1) is 74.5 Å². The number of imidazole rings is 2. The Morgan fingerprint density at radius 2 is 1.24 bits per heavy atom. The van der Waals surface area contributed by atoms with Crippen molar-refractivity contribution in [2.75, 3.05) is 14.2 Å². The highest BCUT2D eigenvalue weighted by atomic mass is 16.5. The van der Waals surface area contributed by atoms with E-state index in [4.69, 9.17) is 28.9 Å². The van der Waals surface area contributed by atoms with Crippen LogP contribution >= 0.6 is 0 Å². The molecule has 9 atom stereocenters. The highest BCUT2D eigenvalue weighted by molar-refractivity contribution is 6.41. The third-order valence-electron chi connectivity index (χ3n) is 14.3. The first-order chi connectivity index (χ1) is 32.1. The van der Waals surface area contributed by atoms with Crippen LogP contribution in [0, 0.1) is 18.8 Å². The molecule has 358 valence electrons. The number of benzene rings is 2. The number of alkyl carbamates (subject to hydrolysis) is 1. The van der Waals surface area contributed by atoms with Crippen molar-refractivity contribution in [2.24, 2.45) is 16.8 Å². The van der Waals surface area contributed by atoms with E-state index >= 15 is 0 Å². The van der Waals surface area contributed by atoms with Gasteiger partial charge in [-0.15, -0.1) is 0 Å². The first-order valence-electron chi connectivity index (χ1n) is 23.9. The van der Waals surface area contributed by atoms with Gasteiger partial charge >= 0.3 is 12.2 Å². The SMILES string of the molecule is COC(=O)N=C(C(=O)N1[C@@H](C)CC[C@H]1c1ncc(-c2ccc(-c3ccc(-c4cnc([C@@H]5CC[C@H](C)N5C(=O)[C@@H](NC(=O)OC)C5C[C@@H](C)O[C@H](C)C5)[nH]4)cc3)cc2C)[nH]1)C1C[C@@H](C)O[C@H](C)C1. The van der Waals surface area contributed by atoms with Crippen LogP contribution in [-0.4, -0.2) is 116 Å². The van der Waals surface area contributed by atoms with Crippen LogP contribution in [0.15, 0.2) is 59.9 Å². The van der Waals surface area contributed by atoms with E-state index in [1.807, 2.05) is 56.8 Å². The maximum atomic E-state index is 14.4. The fourth-order valence-electron chi connectivity index (χ4n) is 11.2. The highest BCUT2D eigenvalue weighted by Gasteiger charge is 2.45. The second-order valence-corrected chi connectivity index (χ2v) is 19.3. The van der Waals surface area contributed by atoms with Gasteiger partial charge < -0.3 is 44.0 Å². The van der Waals surface area contributed by atoms with Crippen LogP contribution in [0.1, 0.15) is 122 Å². The number of carbonyl (C=O) groups excluding carboxylic acids is 4. The molecule has 0 unspecified atom stereocenters. The number of hydrogen-bond donors (Lipinski definition) is 3. The molecule has 67 heavy (non-hydrogen) atoms. The number of carbonyl (C=O) groups is 4. The van der Waals surface area contributed by atoms with E-state index in [1.54, 1.807) is 0 Å². The molecule has 16 heteroatoms. The van der Waals surface area contributed by atoms with Gasteiger partial charge in [0.1, 0.15) is 23.4 Å². The van der Waals surface area contributed by atoms with Gasteiger partial charge in [-0.05, 0) is 128 Å². The molecule has 3 N–H and O–H groups in total. The fourth-order valence-corrected chi connectivity index (χ4v) is 11.2. The van der Waals surface area contributed by atoms with Gasteiger partial charge in [0.25, 0.3) is 5.91 Å². The lowest BCUT2D eigenvalue weighted by atomic mass is 9.85. The molecule has 4 aromatic rings. The number of ether oxygens (including phenoxy) is 4. The molecule has 4 saturated heterocycles. The average molecular weight is 919 g/mol. The molecule has 4 aliphatic rings. The van der Waals surface area contributed by atoms with Crippen LogP contribution in [0.5, 0.6) is 0 Å². The van der Waals surface area contributed by atoms with E-state index in [2.05, 4.69) is 76.6 Å². The van der Waals surface area contributed by atoms with Crippen LogP contribution in [-0.2, 0) is 28.5 Å². The predicted octanol–water partition coefficient (Wildman–Crippen LogP) is 8.89. The van der Waals surface area contributed by atoms with Gasteiger partial charge in [-0.1, -0.05) is 42.5 Å². The van der Waals surface area contributed by atoms with Crippen molar-refractivity contribution in [3.63, 3.8) is 0 Å². The second-order valence-electron chi connectivity index (χ2n) is 19.3. The monoisotopic (exact) mass is 919 g/mol. The summed E-state index contributed by atoms with van der Waals surface area (Å²) in [5.74, 6) is 0.701. The Morgan fingerprint density at radius 1 is 0.701 bits per heavy atom. The lowest BCUT2D eigenvalue weighted by Crippen LogP contribution is -2.55. The molecule has 0 spiro atoms. The smallest absolute Gasteiger partial charge is 0.433 e. The molecule has 2 aromatic carbocycles. The number of aryl methyl sites for hydroxylation is 1. The Kier molecular flexibility index (Phi) is 14.3. The highest BCUT2D eigenvalue weighted by Crippen LogP contribution is 2.40. The van der Waals surface area contributed by atoms with E-state index in [-0.39, 0.29) is 77.9 Å². The number of methoxy groups -OCH3 is 2. The first kappa shape index (κ1) is 47.6. The van der Waals surface area contributed by atoms with Crippen molar-refractivity contribution in [3.05, 3.63) is 72.1 Å². The van der Waals surface area contributed by atoms with E-state index in [0.717, 1.165) is 64.9 Å². The van der Waals surface area contributed by atoms with Crippen molar-refractivity contribution < 1.29 is 38.1 Å². The molecular formula is C51H66N8O8. The van der Waals surface area contributed by atoms with Gasteiger partial charge in [0, 0.05) is 23.6 Å². The van der Waals surface area contributed by atoms with Crippen molar-refractivity contribution in [3.8, 4) is 33.6 Å². The third kappa shape index (κ3) is 10.2. The van der Waals surface area contributed by atoms with E-state index < -0.39 is 18.2 Å². The molecule has 4 amide bonds. The number of aliphatic imine (C=N–C) groups is 1. The summed E-state index contributed by atoms with van der Waals surface area (Å²) in [5.41, 5.74) is 7.08. The van der Waals surface area contributed by atoms with Crippen molar-refractivity contribution >= 4 is 29.7 Å². The number of hydrogen-bond acceptors (Lipinski definition) is 10. The topological polar surface area (TPSA) is 193 Å². The molecule has 4 fully saturated rings. The summed E-state index contributed by atoms with van der Waals surface area (Å²) in [4.78, 5) is 78.5. The number of H-pyrrole nitrogens is 2. The zero-order valence-corrected chi connectivity index (χ0v) is 40.2. The summed E-state index contributed by atoms with van der Waals surface area (Å²) in [6.07, 6.45) is 7.65. The predicted molar refractivity (Wildman–Crippen MR) is 253 cm³/mol. The largest absolute Gasteiger partial charge is 0.453 e. The number of nitrogens with one attached hydrogen (secondary N) is 3. The molecule has 0 aliphatic carbocycles. The maximum Gasteiger partial charge on any atom is 0.433 e. The average Bonchev–Trinajstić information content (AvgIpc) is 4.13. The standard InChI is InChI=1S/C51H66N8O8/c1-27-20-36(16-17-39(27)41-26-53-47(55-41)43-19-11-29(3)59(43)49(61)45(57-51(63)65-9)38-23-32(6)67-33(7)24-38)34-12-14-35(15-13-34)40-25-52-46(54-40)42-18-10-28(2)58(42)48(60)44(56-50(62)64-8)37-21-30(4)66-31(5)22-37/h12-17,20,25-26,28-33,37-38,42-44H,10-11,18-19,21-24H2,1-9H3,(H,52,54)(H,53,55)(H,56,62)/t28-,29-,30+,31+,32+,33+,42-,43-,44-/m0/s1. The van der Waals surface area contributed by atoms with Crippen LogP contribution in [0.3, 0.4) is 0 Å². The number of nitrogens with zero attached hydrogens (tertiary/aromatic N) is 5. The number of amides is 4. The summed E-state index contributed by atoms with van der Waals surface area (Å²) in [6, 6.07) is 13.3. The minimum Gasteiger partial charge on any atom is -0.453 e. The summed E-state index contributed by atoms with van der Waals surface area (Å²) in [5, 5.41) is 2.88. The third-order valence-corrected chi connectivity index (χ3v) is 14.3. The zero-order chi connectivity index (χ0) is 47.7. The quantitative estimate of drug-likeness (QED) is 0.129. The molecule has 0 saturated carbocycles. The Bertz CT molecular complexity index is 2440. The molecule has 4 aliphatic heterocycles. The summed E-state index contributed by atoms with van der Waals surface area (Å²) >= 11 is 0. The summed E-state index contributed by atoms with van der Waals surface area (Å²) in [6.45, 7) is 14.1.